The first kappa shape index (κ1) is 25.6. The van der Waals surface area contributed by atoms with E-state index in [4.69, 9.17) is 0 Å². The zero-order chi connectivity index (χ0) is 27.9. The van der Waals surface area contributed by atoms with Gasteiger partial charge in [0.2, 0.25) is 0 Å². The smallest absolute Gasteiger partial charge is 0.261 e. The van der Waals surface area contributed by atoms with Crippen LogP contribution in [0.25, 0.3) is 43.1 Å². The van der Waals surface area contributed by atoms with Crippen LogP contribution in [0.3, 0.4) is 0 Å². The number of amides is 4. The number of imide groups is 2. The van der Waals surface area contributed by atoms with E-state index >= 15 is 0 Å². The second kappa shape index (κ2) is 9.35. The second-order valence-corrected chi connectivity index (χ2v) is 12.4. The Kier molecular flexibility index (Phi) is 5.98. The molecule has 0 atom stereocenters. The van der Waals surface area contributed by atoms with Gasteiger partial charge in [-0.25, -0.2) is 0 Å². The normalized spacial score (nSPS) is 14.9. The number of carbonyl (C=O) groups is 4. The highest BCUT2D eigenvalue weighted by Gasteiger charge is 2.36. The number of benzene rings is 5. The third-order valence-corrected chi connectivity index (χ3v) is 9.66. The Morgan fingerprint density at radius 2 is 1.12 bits per heavy atom. The summed E-state index contributed by atoms with van der Waals surface area (Å²) in [4.78, 5) is 54.4. The van der Waals surface area contributed by atoms with Gasteiger partial charge in [-0.05, 0) is 41.5 Å². The summed E-state index contributed by atoms with van der Waals surface area (Å²) in [5.41, 5.74) is 1.91. The Hall–Kier alpha value is -3.36. The summed E-state index contributed by atoms with van der Waals surface area (Å²) in [7, 11) is 0. The van der Waals surface area contributed by atoms with Gasteiger partial charge in [0.1, 0.15) is 0 Å². The molecule has 7 rings (SSSR count). The molecule has 0 unspecified atom stereocenters. The summed E-state index contributed by atoms with van der Waals surface area (Å²) in [6.45, 7) is 2.58. The molecule has 0 spiro atoms. The Morgan fingerprint density at radius 1 is 0.600 bits per heavy atom. The van der Waals surface area contributed by atoms with Crippen molar-refractivity contribution in [3.8, 4) is 0 Å². The molecular formula is C32H24Br2N2O4. The summed E-state index contributed by atoms with van der Waals surface area (Å²) in [6.07, 6.45) is 6.43. The third-order valence-electron chi connectivity index (χ3n) is 8.41. The first-order valence-corrected chi connectivity index (χ1v) is 15.2. The lowest BCUT2D eigenvalue weighted by Crippen LogP contribution is -2.41. The van der Waals surface area contributed by atoms with Gasteiger partial charge >= 0.3 is 0 Å². The van der Waals surface area contributed by atoms with Crippen molar-refractivity contribution in [2.75, 3.05) is 6.54 Å². The number of fused-ring (bicyclic) bond motifs is 2. The highest BCUT2D eigenvalue weighted by atomic mass is 79.9. The molecule has 200 valence electrons. The van der Waals surface area contributed by atoms with E-state index in [9.17, 15) is 19.2 Å². The van der Waals surface area contributed by atoms with Gasteiger partial charge in [0.15, 0.2) is 0 Å². The average Bonchev–Trinajstić information content (AvgIpc) is 2.94. The van der Waals surface area contributed by atoms with Gasteiger partial charge in [0, 0.05) is 70.1 Å². The number of rotatable bonds is 7. The lowest BCUT2D eigenvalue weighted by molar-refractivity contribution is 0.0606. The predicted octanol–water partition coefficient (Wildman–Crippen LogP) is 8.10. The lowest BCUT2D eigenvalue weighted by Gasteiger charge is -2.29. The minimum atomic E-state index is -0.432. The molecule has 1 N–H and O–H groups in total. The number of halogens is 2. The molecule has 5 aromatic carbocycles. The van der Waals surface area contributed by atoms with Crippen LogP contribution in [-0.4, -0.2) is 35.1 Å². The zero-order valence-corrected chi connectivity index (χ0v) is 24.9. The lowest BCUT2D eigenvalue weighted by atomic mass is 9.82. The maximum Gasteiger partial charge on any atom is 0.261 e. The number of unbranched alkanes of at least 4 members (excludes halogenated alkanes) is 5. The largest absolute Gasteiger partial charge is 0.288 e. The number of nitrogens with one attached hydrogen (secondary N) is 1. The minimum Gasteiger partial charge on any atom is -0.288 e. The van der Waals surface area contributed by atoms with Gasteiger partial charge in [-0.3, -0.25) is 29.4 Å². The van der Waals surface area contributed by atoms with E-state index in [1.54, 1.807) is 12.1 Å². The van der Waals surface area contributed by atoms with Crippen molar-refractivity contribution in [2.45, 2.75) is 45.4 Å². The van der Waals surface area contributed by atoms with Crippen molar-refractivity contribution >= 4 is 98.6 Å². The van der Waals surface area contributed by atoms with E-state index in [-0.39, 0.29) is 11.8 Å². The van der Waals surface area contributed by atoms with Crippen LogP contribution in [0.4, 0.5) is 0 Å². The van der Waals surface area contributed by atoms with E-state index in [0.717, 1.165) is 56.1 Å². The van der Waals surface area contributed by atoms with E-state index in [1.165, 1.54) is 24.2 Å². The van der Waals surface area contributed by atoms with Crippen LogP contribution in [0.2, 0.25) is 0 Å². The van der Waals surface area contributed by atoms with Gasteiger partial charge in [-0.2, -0.15) is 0 Å². The maximum absolute atomic E-state index is 13.8. The fourth-order valence-corrected chi connectivity index (χ4v) is 7.88. The van der Waals surface area contributed by atoms with Crippen molar-refractivity contribution in [2.24, 2.45) is 0 Å². The molecule has 4 amide bonds. The fourth-order valence-electron chi connectivity index (χ4n) is 6.60. The second-order valence-electron chi connectivity index (χ2n) is 10.7. The van der Waals surface area contributed by atoms with Crippen molar-refractivity contribution < 1.29 is 19.2 Å². The SMILES string of the molecule is CCCCCCCCN1C(=O)c2ccc3c4c(Br)cc5c6c(ccc(c7c(Br)cc(c2c37)C1=O)c64)C(=O)NC5=O. The molecule has 0 radical (unpaired) electrons. The average molecular weight is 660 g/mol. The minimum absolute atomic E-state index is 0.261. The van der Waals surface area contributed by atoms with Crippen LogP contribution >= 0.6 is 31.9 Å². The molecule has 6 nitrogen and oxygen atoms in total. The third kappa shape index (κ3) is 3.45. The molecule has 8 heteroatoms. The topological polar surface area (TPSA) is 83.6 Å². The maximum atomic E-state index is 13.8. The van der Waals surface area contributed by atoms with Crippen molar-refractivity contribution in [1.82, 2.24) is 10.2 Å². The molecule has 40 heavy (non-hydrogen) atoms. The molecule has 0 aromatic heterocycles. The van der Waals surface area contributed by atoms with E-state index in [1.807, 2.05) is 24.3 Å². The van der Waals surface area contributed by atoms with Crippen LogP contribution in [0, 0.1) is 0 Å². The summed E-state index contributed by atoms with van der Waals surface area (Å²) >= 11 is 7.45. The predicted molar refractivity (Wildman–Crippen MR) is 164 cm³/mol. The highest BCUT2D eigenvalue weighted by molar-refractivity contribution is 9.11. The van der Waals surface area contributed by atoms with E-state index in [0.29, 0.717) is 44.0 Å². The molecular weight excluding hydrogens is 636 g/mol. The molecule has 0 fully saturated rings. The molecule has 0 aliphatic carbocycles. The number of hydrogen-bond acceptors (Lipinski definition) is 4. The van der Waals surface area contributed by atoms with Crippen LogP contribution in [-0.2, 0) is 0 Å². The van der Waals surface area contributed by atoms with Crippen molar-refractivity contribution in [3.63, 3.8) is 0 Å². The molecule has 2 heterocycles. The standard InChI is InChI=1S/C32H24Br2N2O4/c1-2-3-4-5-6-7-12-36-31(39)18-11-9-16-25-21(33)13-19-23-17(29(37)35-30(19)38)10-8-15(27(23)25)26-22(34)14-20(32(36)40)24(18)28(16)26/h8-11,13-14H,2-7,12H2,1H3,(H,35,37,38). The Bertz CT molecular complexity index is 1980. The summed E-state index contributed by atoms with van der Waals surface area (Å²) < 4.78 is 1.43. The van der Waals surface area contributed by atoms with Crippen molar-refractivity contribution in [3.05, 3.63) is 67.6 Å². The summed E-state index contributed by atoms with van der Waals surface area (Å²) in [5, 5.41) is 8.72. The first-order valence-electron chi connectivity index (χ1n) is 13.6. The van der Waals surface area contributed by atoms with Gasteiger partial charge in [0.25, 0.3) is 23.6 Å². The van der Waals surface area contributed by atoms with Crippen LogP contribution in [0.1, 0.15) is 86.9 Å². The quantitative estimate of drug-likeness (QED) is 0.0828. The van der Waals surface area contributed by atoms with Crippen LogP contribution in [0.5, 0.6) is 0 Å². The fraction of sp³-hybridized carbons (Fsp3) is 0.250. The van der Waals surface area contributed by atoms with E-state index in [2.05, 4.69) is 44.1 Å². The Morgan fingerprint density at radius 3 is 1.80 bits per heavy atom. The highest BCUT2D eigenvalue weighted by Crippen LogP contribution is 2.49. The van der Waals surface area contributed by atoms with Gasteiger partial charge < -0.3 is 0 Å². The number of hydrogen-bond donors (Lipinski definition) is 1. The zero-order valence-electron chi connectivity index (χ0n) is 21.7. The van der Waals surface area contributed by atoms with Gasteiger partial charge in [-0.15, -0.1) is 0 Å². The molecule has 0 saturated carbocycles. The van der Waals surface area contributed by atoms with Gasteiger partial charge in [-0.1, -0.05) is 83.0 Å². The number of nitrogens with zero attached hydrogens (tertiary/aromatic N) is 1. The summed E-state index contributed by atoms with van der Waals surface area (Å²) in [5.74, 6) is -1.39. The Labute approximate surface area is 246 Å². The first-order chi connectivity index (χ1) is 19.3. The molecule has 5 aromatic rings. The molecule has 0 saturated heterocycles. The molecule has 2 aliphatic rings. The van der Waals surface area contributed by atoms with Crippen LogP contribution < -0.4 is 5.32 Å². The molecule has 2 aliphatic heterocycles. The van der Waals surface area contributed by atoms with E-state index < -0.39 is 11.8 Å². The monoisotopic (exact) mass is 658 g/mol. The number of carbonyl (C=O) groups excluding carboxylic acids is 4. The van der Waals surface area contributed by atoms with Crippen molar-refractivity contribution in [1.29, 1.82) is 0 Å². The Balaban J connectivity index is 1.47. The summed E-state index contributed by atoms with van der Waals surface area (Å²) in [6, 6.07) is 10.9. The van der Waals surface area contributed by atoms with Crippen LogP contribution in [0.15, 0.2) is 45.3 Å². The molecule has 0 bridgehead atoms. The van der Waals surface area contributed by atoms with Gasteiger partial charge in [0.05, 0.1) is 0 Å².